The summed E-state index contributed by atoms with van der Waals surface area (Å²) in [5.41, 5.74) is 2.69. The molecule has 1 N–H and O–H groups in total. The molecule has 0 saturated carbocycles. The van der Waals surface area contributed by atoms with Gasteiger partial charge in [0.15, 0.2) is 0 Å². The molecular weight excluding hydrogens is 232 g/mol. The maximum atomic E-state index is 3.55. The van der Waals surface area contributed by atoms with E-state index in [0.29, 0.717) is 0 Å². The van der Waals surface area contributed by atoms with Crippen LogP contribution < -0.4 is 10.2 Å². The van der Waals surface area contributed by atoms with Gasteiger partial charge in [0, 0.05) is 25.3 Å². The van der Waals surface area contributed by atoms with Crippen molar-refractivity contribution < 1.29 is 0 Å². The third-order valence-corrected chi connectivity index (χ3v) is 4.00. The molecule has 0 fully saturated rings. The average molecular weight is 262 g/mol. The maximum Gasteiger partial charge on any atom is 0.0366 e. The van der Waals surface area contributed by atoms with Crippen molar-refractivity contribution in [3.63, 3.8) is 0 Å². The Bertz CT molecular complexity index is 339. The lowest BCUT2D eigenvalue weighted by atomic mass is 9.98. The molecule has 1 unspecified atom stereocenters. The minimum atomic E-state index is 0.731. The van der Waals surface area contributed by atoms with Crippen LogP contribution in [0.25, 0.3) is 0 Å². The highest BCUT2D eigenvalue weighted by molar-refractivity contribution is 5.47. The van der Waals surface area contributed by atoms with Gasteiger partial charge < -0.3 is 10.2 Å². The van der Waals surface area contributed by atoms with E-state index in [2.05, 4.69) is 69.1 Å². The van der Waals surface area contributed by atoms with Gasteiger partial charge in [-0.3, -0.25) is 0 Å². The van der Waals surface area contributed by atoms with E-state index in [9.17, 15) is 0 Å². The zero-order chi connectivity index (χ0) is 14.3. The number of hydrogen-bond acceptors (Lipinski definition) is 2. The Hall–Kier alpha value is -1.02. The van der Waals surface area contributed by atoms with Gasteiger partial charge in [0.2, 0.25) is 0 Å². The molecule has 108 valence electrons. The normalized spacial score (nSPS) is 12.7. The second-order valence-electron chi connectivity index (χ2n) is 5.69. The summed E-state index contributed by atoms with van der Waals surface area (Å²) in [5, 5.41) is 3.55. The minimum Gasteiger partial charge on any atom is -0.372 e. The van der Waals surface area contributed by atoms with Crippen molar-refractivity contribution in [2.45, 2.75) is 41.2 Å². The molecule has 1 aromatic rings. The third-order valence-electron chi connectivity index (χ3n) is 4.00. The van der Waals surface area contributed by atoms with Crippen molar-refractivity contribution in [2.75, 3.05) is 24.5 Å². The van der Waals surface area contributed by atoms with E-state index in [0.717, 1.165) is 38.0 Å². The van der Waals surface area contributed by atoms with Crippen molar-refractivity contribution in [3.8, 4) is 0 Å². The lowest BCUT2D eigenvalue weighted by Gasteiger charge is -2.21. The highest BCUT2D eigenvalue weighted by Crippen LogP contribution is 2.15. The summed E-state index contributed by atoms with van der Waals surface area (Å²) in [6.07, 6.45) is 0. The first-order chi connectivity index (χ1) is 9.08. The number of nitrogens with zero attached hydrogens (tertiary/aromatic N) is 1. The molecule has 19 heavy (non-hydrogen) atoms. The summed E-state index contributed by atoms with van der Waals surface area (Å²) in [4.78, 5) is 2.37. The molecule has 0 spiro atoms. The third kappa shape index (κ3) is 5.23. The molecule has 0 aliphatic heterocycles. The standard InChI is InChI=1S/C17H30N2/c1-6-19(7-2)17-10-8-16(9-11-17)13-18-12-15(5)14(3)4/h8-11,14-15,18H,6-7,12-13H2,1-5H3. The van der Waals surface area contributed by atoms with Crippen LogP contribution >= 0.6 is 0 Å². The lowest BCUT2D eigenvalue weighted by Crippen LogP contribution is -2.24. The summed E-state index contributed by atoms with van der Waals surface area (Å²) in [6, 6.07) is 8.94. The summed E-state index contributed by atoms with van der Waals surface area (Å²) in [6.45, 7) is 15.5. The predicted octanol–water partition coefficient (Wildman–Crippen LogP) is 3.91. The van der Waals surface area contributed by atoms with Crippen LogP contribution in [0.4, 0.5) is 5.69 Å². The Morgan fingerprint density at radius 1 is 1.00 bits per heavy atom. The van der Waals surface area contributed by atoms with Gasteiger partial charge in [-0.05, 0) is 49.9 Å². The lowest BCUT2D eigenvalue weighted by molar-refractivity contribution is 0.392. The van der Waals surface area contributed by atoms with Gasteiger partial charge in [-0.15, -0.1) is 0 Å². The molecule has 0 radical (unpaired) electrons. The van der Waals surface area contributed by atoms with Crippen LogP contribution in [0.5, 0.6) is 0 Å². The summed E-state index contributed by atoms with van der Waals surface area (Å²) >= 11 is 0. The van der Waals surface area contributed by atoms with Crippen molar-refractivity contribution in [2.24, 2.45) is 11.8 Å². The van der Waals surface area contributed by atoms with E-state index in [1.165, 1.54) is 11.3 Å². The van der Waals surface area contributed by atoms with Crippen LogP contribution in [0, 0.1) is 11.8 Å². The maximum absolute atomic E-state index is 3.55. The zero-order valence-corrected chi connectivity index (χ0v) is 13.2. The van der Waals surface area contributed by atoms with Gasteiger partial charge in [0.25, 0.3) is 0 Å². The molecule has 1 atom stereocenters. The van der Waals surface area contributed by atoms with Gasteiger partial charge >= 0.3 is 0 Å². The molecule has 0 saturated heterocycles. The molecule has 0 heterocycles. The van der Waals surface area contributed by atoms with E-state index in [4.69, 9.17) is 0 Å². The Labute approximate surface area is 119 Å². The minimum absolute atomic E-state index is 0.731. The van der Waals surface area contributed by atoms with Gasteiger partial charge in [0.1, 0.15) is 0 Å². The van der Waals surface area contributed by atoms with Crippen LogP contribution in [0.2, 0.25) is 0 Å². The molecule has 1 rings (SSSR count). The van der Waals surface area contributed by atoms with E-state index in [-0.39, 0.29) is 0 Å². The molecule has 2 nitrogen and oxygen atoms in total. The zero-order valence-electron chi connectivity index (χ0n) is 13.2. The second-order valence-corrected chi connectivity index (χ2v) is 5.69. The van der Waals surface area contributed by atoms with E-state index in [1.807, 2.05) is 0 Å². The number of rotatable bonds is 8. The second kappa shape index (κ2) is 8.21. The first-order valence-corrected chi connectivity index (χ1v) is 7.63. The predicted molar refractivity (Wildman–Crippen MR) is 85.7 cm³/mol. The van der Waals surface area contributed by atoms with E-state index in [1.54, 1.807) is 0 Å². The Kier molecular flexibility index (Phi) is 6.93. The van der Waals surface area contributed by atoms with Crippen LogP contribution in [-0.2, 0) is 6.54 Å². The van der Waals surface area contributed by atoms with Crippen molar-refractivity contribution in [1.29, 1.82) is 0 Å². The van der Waals surface area contributed by atoms with Crippen LogP contribution in [0.15, 0.2) is 24.3 Å². The van der Waals surface area contributed by atoms with Crippen LogP contribution in [-0.4, -0.2) is 19.6 Å². The van der Waals surface area contributed by atoms with Crippen LogP contribution in [0.1, 0.15) is 40.2 Å². The van der Waals surface area contributed by atoms with Crippen molar-refractivity contribution >= 4 is 5.69 Å². The Balaban J connectivity index is 2.44. The van der Waals surface area contributed by atoms with Gasteiger partial charge in [0.05, 0.1) is 0 Å². The first-order valence-electron chi connectivity index (χ1n) is 7.63. The summed E-state index contributed by atoms with van der Waals surface area (Å²) in [7, 11) is 0. The number of hydrogen-bond donors (Lipinski definition) is 1. The highest BCUT2D eigenvalue weighted by Gasteiger charge is 2.06. The number of nitrogens with one attached hydrogen (secondary N) is 1. The topological polar surface area (TPSA) is 15.3 Å². The SMILES string of the molecule is CCN(CC)c1ccc(CNCC(C)C(C)C)cc1. The fourth-order valence-corrected chi connectivity index (χ4v) is 2.09. The van der Waals surface area contributed by atoms with E-state index >= 15 is 0 Å². The monoisotopic (exact) mass is 262 g/mol. The highest BCUT2D eigenvalue weighted by atomic mass is 15.1. The molecule has 0 aromatic heterocycles. The molecular formula is C17H30N2. The quantitative estimate of drug-likeness (QED) is 0.764. The molecule has 0 aliphatic rings. The molecule has 0 bridgehead atoms. The van der Waals surface area contributed by atoms with Crippen LogP contribution in [0.3, 0.4) is 0 Å². The fourth-order valence-electron chi connectivity index (χ4n) is 2.09. The van der Waals surface area contributed by atoms with Crippen molar-refractivity contribution in [3.05, 3.63) is 29.8 Å². The van der Waals surface area contributed by atoms with Crippen molar-refractivity contribution in [1.82, 2.24) is 5.32 Å². The molecule has 0 amide bonds. The largest absolute Gasteiger partial charge is 0.372 e. The smallest absolute Gasteiger partial charge is 0.0366 e. The molecule has 0 aliphatic carbocycles. The molecule has 1 aromatic carbocycles. The fraction of sp³-hybridized carbons (Fsp3) is 0.647. The average Bonchev–Trinajstić information content (AvgIpc) is 2.41. The summed E-state index contributed by atoms with van der Waals surface area (Å²) < 4.78 is 0. The first kappa shape index (κ1) is 16.0. The Morgan fingerprint density at radius 2 is 1.58 bits per heavy atom. The van der Waals surface area contributed by atoms with Gasteiger partial charge in [-0.2, -0.15) is 0 Å². The number of benzene rings is 1. The summed E-state index contributed by atoms with van der Waals surface area (Å²) in [5.74, 6) is 1.48. The molecule has 2 heteroatoms. The van der Waals surface area contributed by atoms with Gasteiger partial charge in [-0.1, -0.05) is 32.9 Å². The number of anilines is 1. The van der Waals surface area contributed by atoms with E-state index < -0.39 is 0 Å². The Morgan fingerprint density at radius 3 is 2.05 bits per heavy atom. The van der Waals surface area contributed by atoms with Gasteiger partial charge in [-0.25, -0.2) is 0 Å².